The lowest BCUT2D eigenvalue weighted by Crippen LogP contribution is -2.27. The van der Waals surface area contributed by atoms with E-state index in [9.17, 15) is 22.4 Å². The molecule has 0 aliphatic carbocycles. The van der Waals surface area contributed by atoms with Crippen LogP contribution in [0.4, 0.5) is 23.2 Å². The number of carbonyl (C=O) groups is 1. The van der Waals surface area contributed by atoms with E-state index in [1.807, 2.05) is 0 Å². The topological polar surface area (TPSA) is 78.9 Å². The summed E-state index contributed by atoms with van der Waals surface area (Å²) in [6, 6.07) is 9.41. The minimum Gasteiger partial charge on any atom is -0.329 e. The number of amides is 1. The predicted molar refractivity (Wildman–Crippen MR) is 83.0 cm³/mol. The first-order chi connectivity index (χ1) is 11.8. The Balaban J connectivity index is 2.27. The molecule has 0 heterocycles. The maximum atomic E-state index is 13.0. The SMILES string of the molecule is N#Cc1ccc(NC(=O)C(CN)c2ccc(F)cc2)cc1C(F)(F)F. The van der Waals surface area contributed by atoms with Gasteiger partial charge in [0.1, 0.15) is 5.82 Å². The largest absolute Gasteiger partial charge is 0.417 e. The van der Waals surface area contributed by atoms with E-state index in [4.69, 9.17) is 11.0 Å². The summed E-state index contributed by atoms with van der Waals surface area (Å²) in [5.41, 5.74) is 4.20. The Hall–Kier alpha value is -2.92. The number of hydrogen-bond donors (Lipinski definition) is 2. The number of carbonyl (C=O) groups excluding carboxylic acids is 1. The van der Waals surface area contributed by atoms with Gasteiger partial charge in [-0.1, -0.05) is 12.1 Å². The van der Waals surface area contributed by atoms with Gasteiger partial charge >= 0.3 is 6.18 Å². The van der Waals surface area contributed by atoms with E-state index in [1.54, 1.807) is 0 Å². The molecule has 1 atom stereocenters. The van der Waals surface area contributed by atoms with Gasteiger partial charge in [-0.2, -0.15) is 18.4 Å². The molecule has 2 aromatic carbocycles. The van der Waals surface area contributed by atoms with Crippen molar-refractivity contribution in [1.29, 1.82) is 5.26 Å². The van der Waals surface area contributed by atoms with Crippen molar-refractivity contribution < 1.29 is 22.4 Å². The molecular weight excluding hydrogens is 338 g/mol. The summed E-state index contributed by atoms with van der Waals surface area (Å²) in [5, 5.41) is 11.1. The molecular formula is C17H13F4N3O. The third-order valence-corrected chi connectivity index (χ3v) is 3.54. The van der Waals surface area contributed by atoms with Gasteiger partial charge < -0.3 is 11.1 Å². The zero-order chi connectivity index (χ0) is 18.6. The van der Waals surface area contributed by atoms with E-state index in [0.717, 1.165) is 18.2 Å². The van der Waals surface area contributed by atoms with Crippen molar-refractivity contribution >= 4 is 11.6 Å². The van der Waals surface area contributed by atoms with Gasteiger partial charge in [-0.15, -0.1) is 0 Å². The number of nitrogens with two attached hydrogens (primary N) is 1. The fourth-order valence-corrected chi connectivity index (χ4v) is 2.27. The van der Waals surface area contributed by atoms with E-state index in [2.05, 4.69) is 5.32 Å². The molecule has 0 aliphatic rings. The Labute approximate surface area is 140 Å². The molecule has 25 heavy (non-hydrogen) atoms. The van der Waals surface area contributed by atoms with Crippen molar-refractivity contribution in [1.82, 2.24) is 0 Å². The summed E-state index contributed by atoms with van der Waals surface area (Å²) in [6.45, 7) is -0.111. The summed E-state index contributed by atoms with van der Waals surface area (Å²) >= 11 is 0. The summed E-state index contributed by atoms with van der Waals surface area (Å²) < 4.78 is 51.8. The zero-order valence-corrected chi connectivity index (χ0v) is 12.8. The second kappa shape index (κ2) is 7.32. The van der Waals surface area contributed by atoms with Gasteiger partial charge in [0.05, 0.1) is 23.1 Å². The third-order valence-electron chi connectivity index (χ3n) is 3.54. The maximum Gasteiger partial charge on any atom is 0.417 e. The first-order valence-electron chi connectivity index (χ1n) is 7.14. The van der Waals surface area contributed by atoms with Crippen LogP contribution in [0, 0.1) is 17.1 Å². The van der Waals surface area contributed by atoms with Crippen LogP contribution in [-0.4, -0.2) is 12.5 Å². The van der Waals surface area contributed by atoms with Gasteiger partial charge in [-0.25, -0.2) is 4.39 Å². The molecule has 0 bridgehead atoms. The van der Waals surface area contributed by atoms with Gasteiger partial charge in [-0.05, 0) is 35.9 Å². The quantitative estimate of drug-likeness (QED) is 0.829. The lowest BCUT2D eigenvalue weighted by molar-refractivity contribution is -0.137. The number of nitriles is 1. The molecule has 0 fully saturated rings. The lowest BCUT2D eigenvalue weighted by atomic mass is 9.98. The van der Waals surface area contributed by atoms with Crippen LogP contribution in [0.25, 0.3) is 0 Å². The fourth-order valence-electron chi connectivity index (χ4n) is 2.27. The number of halogens is 4. The van der Waals surface area contributed by atoms with E-state index >= 15 is 0 Å². The molecule has 2 aromatic rings. The van der Waals surface area contributed by atoms with Crippen LogP contribution in [0.3, 0.4) is 0 Å². The van der Waals surface area contributed by atoms with Crippen LogP contribution in [-0.2, 0) is 11.0 Å². The predicted octanol–water partition coefficient (Wildman–Crippen LogP) is 3.40. The Morgan fingerprint density at radius 3 is 2.36 bits per heavy atom. The number of hydrogen-bond acceptors (Lipinski definition) is 3. The Bertz CT molecular complexity index is 810. The molecule has 4 nitrogen and oxygen atoms in total. The van der Waals surface area contributed by atoms with Gasteiger partial charge in [-0.3, -0.25) is 4.79 Å². The van der Waals surface area contributed by atoms with Crippen LogP contribution in [0.1, 0.15) is 22.6 Å². The van der Waals surface area contributed by atoms with Crippen molar-refractivity contribution in [3.05, 3.63) is 65.0 Å². The van der Waals surface area contributed by atoms with Crippen molar-refractivity contribution in [2.45, 2.75) is 12.1 Å². The average molecular weight is 351 g/mol. The Morgan fingerprint density at radius 1 is 1.20 bits per heavy atom. The minimum absolute atomic E-state index is 0.111. The summed E-state index contributed by atoms with van der Waals surface area (Å²) in [6.07, 6.45) is -4.73. The van der Waals surface area contributed by atoms with Crippen LogP contribution in [0.15, 0.2) is 42.5 Å². The molecule has 0 aromatic heterocycles. The van der Waals surface area contributed by atoms with E-state index in [1.165, 1.54) is 24.3 Å². The third kappa shape index (κ3) is 4.33. The molecule has 130 valence electrons. The molecule has 2 rings (SSSR count). The normalized spacial score (nSPS) is 12.3. The first-order valence-corrected chi connectivity index (χ1v) is 7.14. The number of alkyl halides is 3. The highest BCUT2D eigenvalue weighted by Crippen LogP contribution is 2.33. The minimum atomic E-state index is -4.73. The monoisotopic (exact) mass is 351 g/mol. The second-order valence-electron chi connectivity index (χ2n) is 5.20. The van der Waals surface area contributed by atoms with Crippen LogP contribution < -0.4 is 11.1 Å². The number of benzene rings is 2. The van der Waals surface area contributed by atoms with Crippen LogP contribution >= 0.6 is 0 Å². The molecule has 1 amide bonds. The molecule has 1 unspecified atom stereocenters. The van der Waals surface area contributed by atoms with E-state index in [-0.39, 0.29) is 12.2 Å². The molecule has 0 radical (unpaired) electrons. The average Bonchev–Trinajstić information content (AvgIpc) is 2.56. The van der Waals surface area contributed by atoms with Crippen molar-refractivity contribution in [2.24, 2.45) is 5.73 Å². The highest BCUT2D eigenvalue weighted by Gasteiger charge is 2.34. The summed E-state index contributed by atoms with van der Waals surface area (Å²) in [5.74, 6) is -1.97. The molecule has 0 aliphatic heterocycles. The highest BCUT2D eigenvalue weighted by molar-refractivity contribution is 5.96. The highest BCUT2D eigenvalue weighted by atomic mass is 19.4. The first kappa shape index (κ1) is 18.4. The lowest BCUT2D eigenvalue weighted by Gasteiger charge is -2.16. The Morgan fingerprint density at radius 2 is 1.84 bits per heavy atom. The van der Waals surface area contributed by atoms with E-state index < -0.39 is 34.9 Å². The smallest absolute Gasteiger partial charge is 0.329 e. The summed E-state index contributed by atoms with van der Waals surface area (Å²) in [7, 11) is 0. The number of nitrogens with zero attached hydrogens (tertiary/aromatic N) is 1. The van der Waals surface area contributed by atoms with Crippen molar-refractivity contribution in [2.75, 3.05) is 11.9 Å². The maximum absolute atomic E-state index is 13.0. The molecule has 0 saturated heterocycles. The Kier molecular flexibility index (Phi) is 5.39. The van der Waals surface area contributed by atoms with Crippen LogP contribution in [0.2, 0.25) is 0 Å². The number of anilines is 1. The summed E-state index contributed by atoms with van der Waals surface area (Å²) in [4.78, 5) is 12.3. The fraction of sp³-hybridized carbons (Fsp3) is 0.176. The van der Waals surface area contributed by atoms with Crippen LogP contribution in [0.5, 0.6) is 0 Å². The van der Waals surface area contributed by atoms with E-state index in [0.29, 0.717) is 11.6 Å². The van der Waals surface area contributed by atoms with Gasteiger partial charge in [0.25, 0.3) is 0 Å². The van der Waals surface area contributed by atoms with Crippen molar-refractivity contribution in [3.8, 4) is 6.07 Å². The number of rotatable bonds is 4. The van der Waals surface area contributed by atoms with Gasteiger partial charge in [0.2, 0.25) is 5.91 Å². The van der Waals surface area contributed by atoms with Gasteiger partial charge in [0, 0.05) is 12.2 Å². The molecule has 3 N–H and O–H groups in total. The molecule has 8 heteroatoms. The van der Waals surface area contributed by atoms with Crippen molar-refractivity contribution in [3.63, 3.8) is 0 Å². The van der Waals surface area contributed by atoms with Gasteiger partial charge in [0.15, 0.2) is 0 Å². The zero-order valence-electron chi connectivity index (χ0n) is 12.8. The molecule has 0 spiro atoms. The second-order valence-corrected chi connectivity index (χ2v) is 5.20. The standard InChI is InChI=1S/C17H13F4N3O/c18-12-4-1-10(2-5-12)14(9-23)16(25)24-13-6-3-11(8-22)15(7-13)17(19,20)21/h1-7,14H,9,23H2,(H,24,25). The molecule has 0 saturated carbocycles. The number of nitrogens with one attached hydrogen (secondary N) is 1.